The predicted molar refractivity (Wildman–Crippen MR) is 58.7 cm³/mol. The monoisotopic (exact) mass is 229 g/mol. The van der Waals surface area contributed by atoms with Gasteiger partial charge in [0.1, 0.15) is 5.75 Å². The van der Waals surface area contributed by atoms with Crippen molar-refractivity contribution in [3.05, 3.63) is 24.3 Å². The van der Waals surface area contributed by atoms with Crippen LogP contribution in [0.4, 0.5) is 5.13 Å². The van der Waals surface area contributed by atoms with Crippen molar-refractivity contribution in [2.75, 3.05) is 5.73 Å². The van der Waals surface area contributed by atoms with Gasteiger partial charge in [0.2, 0.25) is 0 Å². The van der Waals surface area contributed by atoms with Gasteiger partial charge in [-0.05, 0) is 24.3 Å². The largest absolute Gasteiger partial charge is 0.508 e. The molecule has 0 atom stereocenters. The lowest BCUT2D eigenvalue weighted by atomic mass is 10.2. The maximum atomic E-state index is 9.05. The van der Waals surface area contributed by atoms with Crippen LogP contribution in [0.2, 0.25) is 0 Å². The number of benzene rings is 1. The molecule has 2 aromatic rings. The minimum atomic E-state index is 0. The second-order valence-electron chi connectivity index (χ2n) is 2.50. The quantitative estimate of drug-likeness (QED) is 0.784. The van der Waals surface area contributed by atoms with Gasteiger partial charge in [0, 0.05) is 17.1 Å². The normalized spacial score (nSPS) is 9.43. The molecule has 1 heterocycles. The molecule has 4 nitrogen and oxygen atoms in total. The topological polar surface area (TPSA) is 72.0 Å². The molecule has 0 saturated heterocycles. The maximum Gasteiger partial charge on any atom is 0.200 e. The molecule has 0 amide bonds. The van der Waals surface area contributed by atoms with E-state index in [0.717, 1.165) is 17.1 Å². The number of halogens is 1. The Bertz CT molecular complexity index is 415. The van der Waals surface area contributed by atoms with Gasteiger partial charge >= 0.3 is 0 Å². The number of aromatic hydroxyl groups is 1. The lowest BCUT2D eigenvalue weighted by molar-refractivity contribution is 0.475. The first kappa shape index (κ1) is 10.7. The van der Waals surface area contributed by atoms with E-state index in [9.17, 15) is 0 Å². The van der Waals surface area contributed by atoms with Gasteiger partial charge in [-0.25, -0.2) is 0 Å². The standard InChI is InChI=1S/C8H7N3OS.ClH/c9-8-10-7(11-13-8)5-1-3-6(12)4-2-5;/h1-4,12H,(H2,9,10,11);1H. The highest BCUT2D eigenvalue weighted by atomic mass is 35.5. The molecule has 0 unspecified atom stereocenters. The van der Waals surface area contributed by atoms with Gasteiger partial charge in [0.05, 0.1) is 0 Å². The fourth-order valence-electron chi connectivity index (χ4n) is 0.963. The molecule has 0 aliphatic heterocycles. The molecule has 1 aromatic heterocycles. The number of phenolic OH excluding ortho intramolecular Hbond substituents is 1. The zero-order valence-electron chi connectivity index (χ0n) is 7.04. The first-order chi connectivity index (χ1) is 6.25. The van der Waals surface area contributed by atoms with Crippen molar-refractivity contribution in [2.45, 2.75) is 0 Å². The van der Waals surface area contributed by atoms with Gasteiger partial charge < -0.3 is 10.8 Å². The Balaban J connectivity index is 0.000000980. The minimum Gasteiger partial charge on any atom is -0.508 e. The molecule has 0 aliphatic carbocycles. The van der Waals surface area contributed by atoms with Crippen molar-refractivity contribution >= 4 is 29.1 Å². The van der Waals surface area contributed by atoms with E-state index in [4.69, 9.17) is 10.8 Å². The summed E-state index contributed by atoms with van der Waals surface area (Å²) in [6, 6.07) is 6.67. The molecular formula is C8H8ClN3OS. The molecule has 3 N–H and O–H groups in total. The first-order valence-electron chi connectivity index (χ1n) is 3.64. The molecule has 0 fully saturated rings. The van der Waals surface area contributed by atoms with E-state index in [1.807, 2.05) is 0 Å². The van der Waals surface area contributed by atoms with Crippen molar-refractivity contribution in [1.29, 1.82) is 0 Å². The van der Waals surface area contributed by atoms with E-state index < -0.39 is 0 Å². The third kappa shape index (κ3) is 2.12. The van der Waals surface area contributed by atoms with E-state index in [2.05, 4.69) is 9.36 Å². The summed E-state index contributed by atoms with van der Waals surface area (Å²) < 4.78 is 4.04. The lowest BCUT2D eigenvalue weighted by Gasteiger charge is -1.94. The summed E-state index contributed by atoms with van der Waals surface area (Å²) in [6.07, 6.45) is 0. The molecule has 6 heteroatoms. The van der Waals surface area contributed by atoms with Crippen LogP contribution in [-0.2, 0) is 0 Å². The molecule has 74 valence electrons. The fourth-order valence-corrected chi connectivity index (χ4v) is 1.42. The van der Waals surface area contributed by atoms with Crippen molar-refractivity contribution in [3.63, 3.8) is 0 Å². The van der Waals surface area contributed by atoms with Gasteiger partial charge in [-0.3, -0.25) is 0 Å². The number of nitrogens with zero attached hydrogens (tertiary/aromatic N) is 2. The van der Waals surface area contributed by atoms with Crippen molar-refractivity contribution < 1.29 is 5.11 Å². The number of hydrogen-bond donors (Lipinski definition) is 2. The Morgan fingerprint density at radius 2 is 1.86 bits per heavy atom. The molecule has 2 rings (SSSR count). The van der Waals surface area contributed by atoms with Gasteiger partial charge in [0.25, 0.3) is 0 Å². The SMILES string of the molecule is Cl.Nc1nc(-c2ccc(O)cc2)ns1. The second kappa shape index (κ2) is 4.26. The van der Waals surface area contributed by atoms with Crippen LogP contribution in [0.15, 0.2) is 24.3 Å². The predicted octanol–water partition coefficient (Wildman–Crippen LogP) is 1.91. The summed E-state index contributed by atoms with van der Waals surface area (Å²) in [4.78, 5) is 4.01. The van der Waals surface area contributed by atoms with Crippen LogP contribution < -0.4 is 5.73 Å². The molecule has 0 spiro atoms. The van der Waals surface area contributed by atoms with Gasteiger partial charge in [-0.15, -0.1) is 12.4 Å². The van der Waals surface area contributed by atoms with Crippen LogP contribution in [-0.4, -0.2) is 14.5 Å². The number of aromatic nitrogens is 2. The van der Waals surface area contributed by atoms with Crippen molar-refractivity contribution in [1.82, 2.24) is 9.36 Å². The molecular weight excluding hydrogens is 222 g/mol. The molecule has 1 aromatic carbocycles. The van der Waals surface area contributed by atoms with E-state index >= 15 is 0 Å². The van der Waals surface area contributed by atoms with E-state index in [-0.39, 0.29) is 18.2 Å². The van der Waals surface area contributed by atoms with Gasteiger partial charge in [-0.2, -0.15) is 9.36 Å². The Hall–Kier alpha value is -1.33. The summed E-state index contributed by atoms with van der Waals surface area (Å²) in [5.41, 5.74) is 6.29. The Kier molecular flexibility index (Phi) is 3.27. The summed E-state index contributed by atoms with van der Waals surface area (Å²) >= 11 is 1.16. The number of hydrogen-bond acceptors (Lipinski definition) is 5. The zero-order valence-corrected chi connectivity index (χ0v) is 8.68. The first-order valence-corrected chi connectivity index (χ1v) is 4.41. The van der Waals surface area contributed by atoms with Gasteiger partial charge in [-0.1, -0.05) is 0 Å². The van der Waals surface area contributed by atoms with Crippen LogP contribution in [0.25, 0.3) is 11.4 Å². The van der Waals surface area contributed by atoms with E-state index in [0.29, 0.717) is 11.0 Å². The Labute approximate surface area is 91.0 Å². The van der Waals surface area contributed by atoms with E-state index in [1.54, 1.807) is 24.3 Å². The molecule has 14 heavy (non-hydrogen) atoms. The third-order valence-corrected chi connectivity index (χ3v) is 2.11. The number of anilines is 1. The summed E-state index contributed by atoms with van der Waals surface area (Å²) in [7, 11) is 0. The molecule has 0 bridgehead atoms. The molecule has 0 radical (unpaired) electrons. The van der Waals surface area contributed by atoms with Crippen LogP contribution in [0, 0.1) is 0 Å². The fraction of sp³-hybridized carbons (Fsp3) is 0. The van der Waals surface area contributed by atoms with Crippen LogP contribution in [0.1, 0.15) is 0 Å². The minimum absolute atomic E-state index is 0. The smallest absolute Gasteiger partial charge is 0.200 e. The average Bonchev–Trinajstić information content (AvgIpc) is 2.53. The summed E-state index contributed by atoms with van der Waals surface area (Å²) in [6.45, 7) is 0. The number of nitrogen functional groups attached to an aromatic ring is 1. The highest BCUT2D eigenvalue weighted by Gasteiger charge is 2.03. The number of phenols is 1. The maximum absolute atomic E-state index is 9.05. The highest BCUT2D eigenvalue weighted by molar-refractivity contribution is 7.09. The van der Waals surface area contributed by atoms with Crippen molar-refractivity contribution in [2.24, 2.45) is 0 Å². The molecule has 0 saturated carbocycles. The average molecular weight is 230 g/mol. The highest BCUT2D eigenvalue weighted by Crippen LogP contribution is 2.21. The molecule has 0 aliphatic rings. The lowest BCUT2D eigenvalue weighted by Crippen LogP contribution is -1.83. The summed E-state index contributed by atoms with van der Waals surface area (Å²) in [5, 5.41) is 9.49. The van der Waals surface area contributed by atoms with Crippen LogP contribution in [0.3, 0.4) is 0 Å². The van der Waals surface area contributed by atoms with Crippen LogP contribution in [0.5, 0.6) is 5.75 Å². The second-order valence-corrected chi connectivity index (χ2v) is 3.29. The van der Waals surface area contributed by atoms with Crippen LogP contribution >= 0.6 is 23.9 Å². The van der Waals surface area contributed by atoms with Crippen molar-refractivity contribution in [3.8, 4) is 17.1 Å². The van der Waals surface area contributed by atoms with E-state index in [1.165, 1.54) is 0 Å². The third-order valence-electron chi connectivity index (χ3n) is 1.57. The Morgan fingerprint density at radius 1 is 1.21 bits per heavy atom. The zero-order chi connectivity index (χ0) is 9.26. The summed E-state index contributed by atoms with van der Waals surface area (Å²) in [5.74, 6) is 0.828. The Morgan fingerprint density at radius 3 is 2.36 bits per heavy atom. The number of rotatable bonds is 1. The van der Waals surface area contributed by atoms with Gasteiger partial charge in [0.15, 0.2) is 11.0 Å². The number of nitrogens with two attached hydrogens (primary N) is 1.